The minimum Gasteiger partial charge on any atom is -0.478 e. The molecule has 4 aromatic rings. The van der Waals surface area contributed by atoms with Crippen molar-refractivity contribution in [1.82, 2.24) is 10.1 Å². The van der Waals surface area contributed by atoms with Crippen LogP contribution in [0.2, 0.25) is 5.02 Å². The summed E-state index contributed by atoms with van der Waals surface area (Å²) in [7, 11) is 0. The Labute approximate surface area is 216 Å². The molecule has 0 atom stereocenters. The van der Waals surface area contributed by atoms with Crippen LogP contribution in [0.3, 0.4) is 0 Å². The van der Waals surface area contributed by atoms with Crippen LogP contribution in [-0.4, -0.2) is 21.2 Å². The normalized spacial score (nSPS) is 14.4. The number of fused-ring (bicyclic) bond motifs is 2. The number of hydrogen-bond donors (Lipinski definition) is 1. The van der Waals surface area contributed by atoms with Crippen LogP contribution in [0.25, 0.3) is 11.3 Å². The summed E-state index contributed by atoms with van der Waals surface area (Å²) in [5.74, 6) is 1.12. The van der Waals surface area contributed by atoms with Crippen LogP contribution in [-0.2, 0) is 19.4 Å². The van der Waals surface area contributed by atoms with E-state index in [9.17, 15) is 14.3 Å². The van der Waals surface area contributed by atoms with Crippen molar-refractivity contribution in [2.45, 2.75) is 45.1 Å². The lowest BCUT2D eigenvalue weighted by Gasteiger charge is -2.12. The van der Waals surface area contributed by atoms with Crippen LogP contribution in [0.1, 0.15) is 57.3 Å². The molecule has 9 heteroatoms. The molecule has 188 valence electrons. The summed E-state index contributed by atoms with van der Waals surface area (Å²) in [5, 5.41) is 13.9. The number of carboxylic acid groups (broad SMARTS) is 1. The molecule has 37 heavy (non-hydrogen) atoms. The number of aromatic nitrogens is 2. The zero-order chi connectivity index (χ0) is 25.7. The van der Waals surface area contributed by atoms with Crippen LogP contribution in [0.4, 0.5) is 4.39 Å². The van der Waals surface area contributed by atoms with Gasteiger partial charge in [0, 0.05) is 17.5 Å². The van der Waals surface area contributed by atoms with Gasteiger partial charge in [-0.3, -0.25) is 0 Å². The van der Waals surface area contributed by atoms with Gasteiger partial charge in [-0.1, -0.05) is 22.8 Å². The van der Waals surface area contributed by atoms with Crippen molar-refractivity contribution in [3.8, 4) is 28.6 Å². The first kappa shape index (κ1) is 23.5. The van der Waals surface area contributed by atoms with E-state index < -0.39 is 11.8 Å². The van der Waals surface area contributed by atoms with Crippen molar-refractivity contribution in [2.75, 3.05) is 0 Å². The van der Waals surface area contributed by atoms with Gasteiger partial charge in [0.05, 0.1) is 21.8 Å². The zero-order valence-electron chi connectivity index (χ0n) is 19.9. The number of nitrogens with zero attached hydrogens (tertiary/aromatic N) is 2. The second kappa shape index (κ2) is 9.19. The first-order valence-electron chi connectivity index (χ1n) is 12.0. The van der Waals surface area contributed by atoms with Gasteiger partial charge in [-0.15, -0.1) is 0 Å². The quantitative estimate of drug-likeness (QED) is 0.296. The van der Waals surface area contributed by atoms with E-state index >= 15 is 0 Å². The number of carbonyl (C=O) groups is 1. The Balaban J connectivity index is 1.27. The van der Waals surface area contributed by atoms with Gasteiger partial charge < -0.3 is 19.1 Å². The lowest BCUT2D eigenvalue weighted by molar-refractivity contribution is 0.0696. The van der Waals surface area contributed by atoms with Crippen LogP contribution >= 0.6 is 11.6 Å². The maximum atomic E-state index is 13.8. The molecule has 0 unspecified atom stereocenters. The highest BCUT2D eigenvalue weighted by atomic mass is 35.5. The topological polar surface area (TPSA) is 94.7 Å². The average Bonchev–Trinajstić information content (AvgIpc) is 3.65. The van der Waals surface area contributed by atoms with Gasteiger partial charge in [-0.25, -0.2) is 14.2 Å². The van der Waals surface area contributed by atoms with E-state index in [1.807, 2.05) is 0 Å². The molecule has 2 aromatic carbocycles. The van der Waals surface area contributed by atoms with Gasteiger partial charge in [-0.05, 0) is 74.1 Å². The van der Waals surface area contributed by atoms with Crippen molar-refractivity contribution in [3.05, 3.63) is 87.0 Å². The summed E-state index contributed by atoms with van der Waals surface area (Å²) in [5.41, 5.74) is 4.42. The molecule has 0 amide bonds. The van der Waals surface area contributed by atoms with Crippen molar-refractivity contribution in [3.63, 3.8) is 0 Å². The number of aryl methyl sites for hydroxylation is 3. The molecule has 3 heterocycles. The minimum atomic E-state index is -1.01. The third-order valence-corrected chi connectivity index (χ3v) is 6.99. The van der Waals surface area contributed by atoms with Crippen LogP contribution in [0, 0.1) is 12.7 Å². The second-order valence-electron chi connectivity index (χ2n) is 9.34. The molecule has 2 aliphatic rings. The highest BCUT2D eigenvalue weighted by Gasteiger charge is 2.33. The maximum Gasteiger partial charge on any atom is 0.335 e. The lowest BCUT2D eigenvalue weighted by Crippen LogP contribution is -2.03. The molecule has 1 fully saturated rings. The van der Waals surface area contributed by atoms with E-state index in [2.05, 4.69) is 10.1 Å². The fourth-order valence-electron chi connectivity index (χ4n) is 4.65. The maximum absolute atomic E-state index is 13.8. The monoisotopic (exact) mass is 520 g/mol. The predicted octanol–water partition coefficient (Wildman–Crippen LogP) is 6.88. The Morgan fingerprint density at radius 3 is 2.76 bits per heavy atom. The van der Waals surface area contributed by atoms with E-state index in [-0.39, 0.29) is 23.1 Å². The van der Waals surface area contributed by atoms with E-state index in [4.69, 9.17) is 25.6 Å². The summed E-state index contributed by atoms with van der Waals surface area (Å²) < 4.78 is 31.7. The molecular formula is C28H22ClFN2O5. The molecule has 0 spiro atoms. The smallest absolute Gasteiger partial charge is 0.335 e. The zero-order valence-corrected chi connectivity index (χ0v) is 20.6. The van der Waals surface area contributed by atoms with Gasteiger partial charge >= 0.3 is 5.97 Å². The molecule has 1 saturated carbocycles. The van der Waals surface area contributed by atoms with Gasteiger partial charge in [0.25, 0.3) is 0 Å². The largest absolute Gasteiger partial charge is 0.478 e. The molecule has 6 rings (SSSR count). The number of pyridine rings is 1. The molecule has 0 bridgehead atoms. The molecule has 1 aliphatic heterocycles. The number of aromatic carboxylic acids is 1. The molecule has 1 N–H and O–H groups in total. The summed E-state index contributed by atoms with van der Waals surface area (Å²) in [6.45, 7) is 1.94. The lowest BCUT2D eigenvalue weighted by atomic mass is 10.0. The predicted molar refractivity (Wildman–Crippen MR) is 133 cm³/mol. The van der Waals surface area contributed by atoms with Crippen molar-refractivity contribution < 1.29 is 28.3 Å². The molecule has 7 nitrogen and oxygen atoms in total. The van der Waals surface area contributed by atoms with Crippen molar-refractivity contribution in [2.24, 2.45) is 0 Å². The third kappa shape index (κ3) is 4.53. The average molecular weight is 521 g/mol. The van der Waals surface area contributed by atoms with E-state index in [1.165, 1.54) is 18.2 Å². The Hall–Kier alpha value is -3.91. The van der Waals surface area contributed by atoms with Gasteiger partial charge in [0.1, 0.15) is 35.4 Å². The highest BCUT2D eigenvalue weighted by Crippen LogP contribution is 2.45. The van der Waals surface area contributed by atoms with E-state index in [0.29, 0.717) is 47.0 Å². The van der Waals surface area contributed by atoms with Crippen molar-refractivity contribution in [1.29, 1.82) is 0 Å². The van der Waals surface area contributed by atoms with Gasteiger partial charge in [0.2, 0.25) is 5.88 Å². The minimum absolute atomic E-state index is 0.159. The fraction of sp³-hybridized carbons (Fsp3) is 0.250. The van der Waals surface area contributed by atoms with Crippen LogP contribution < -0.4 is 9.47 Å². The van der Waals surface area contributed by atoms with Gasteiger partial charge in [0.15, 0.2) is 0 Å². The number of hydrogen-bond acceptors (Lipinski definition) is 6. The molecule has 2 aromatic heterocycles. The molecular weight excluding hydrogens is 499 g/mol. The third-order valence-electron chi connectivity index (χ3n) is 6.69. The van der Waals surface area contributed by atoms with Crippen LogP contribution in [0.15, 0.2) is 47.0 Å². The number of halogens is 2. The summed E-state index contributed by atoms with van der Waals surface area (Å²) in [6, 6.07) is 11.1. The van der Waals surface area contributed by atoms with E-state index in [1.54, 1.807) is 31.2 Å². The van der Waals surface area contributed by atoms with E-state index in [0.717, 1.165) is 35.4 Å². The number of ether oxygens (including phenoxy) is 2. The first-order chi connectivity index (χ1) is 17.9. The standard InChI is InChI=1S/C28H22ClFN2O5/c1-14-10-18(30)12-20(29)25(14)26-19(27(37-32-26)16-3-4-16)13-35-24-9-8-22-21(31-24)7-6-15-2-5-17(28(33)34)11-23(15)36-22/h2,5,8-12,16H,3-4,6-7,13H2,1H3,(H,33,34). The number of benzene rings is 2. The molecule has 1 aliphatic carbocycles. The second-order valence-corrected chi connectivity index (χ2v) is 9.75. The SMILES string of the molecule is Cc1cc(F)cc(Cl)c1-c1noc(C2CC2)c1COc1ccc2c(n1)CCc1ccc(C(=O)O)cc1O2. The Morgan fingerprint density at radius 1 is 1.16 bits per heavy atom. The Kier molecular flexibility index (Phi) is 5.83. The Bertz CT molecular complexity index is 1520. The summed E-state index contributed by atoms with van der Waals surface area (Å²) >= 11 is 6.40. The molecule has 0 saturated heterocycles. The number of carboxylic acids is 1. The molecule has 0 radical (unpaired) electrons. The van der Waals surface area contributed by atoms with Crippen molar-refractivity contribution >= 4 is 17.6 Å². The summed E-state index contributed by atoms with van der Waals surface area (Å²) in [6.07, 6.45) is 3.29. The number of rotatable bonds is 6. The first-order valence-corrected chi connectivity index (χ1v) is 12.4. The highest BCUT2D eigenvalue weighted by molar-refractivity contribution is 6.33. The van der Waals surface area contributed by atoms with Crippen LogP contribution in [0.5, 0.6) is 17.4 Å². The Morgan fingerprint density at radius 2 is 2.00 bits per heavy atom. The fourth-order valence-corrected chi connectivity index (χ4v) is 5.00. The van der Waals surface area contributed by atoms with Gasteiger partial charge in [-0.2, -0.15) is 0 Å². The summed E-state index contributed by atoms with van der Waals surface area (Å²) in [4.78, 5) is 16.0.